The van der Waals surface area contributed by atoms with Crippen LogP contribution in [0.25, 0.3) is 0 Å². The van der Waals surface area contributed by atoms with Gasteiger partial charge in [0.1, 0.15) is 0 Å². The van der Waals surface area contributed by atoms with Crippen molar-refractivity contribution in [2.45, 2.75) is 5.92 Å². The molecule has 5 heteroatoms. The van der Waals surface area contributed by atoms with E-state index < -0.39 is 12.5 Å². The lowest BCUT2D eigenvalue weighted by Gasteiger charge is -2.18. The molecule has 1 rings (SSSR count). The van der Waals surface area contributed by atoms with Crippen LogP contribution < -0.4 is 5.32 Å². The molecule has 1 nitrogen and oxygen atoms in total. The Morgan fingerprint density at radius 2 is 1.79 bits per heavy atom. The maximum atomic E-state index is 13.4. The first-order chi connectivity index (χ1) is 6.49. The Labute approximate surface area is 91.0 Å². The van der Waals surface area contributed by atoms with Crippen molar-refractivity contribution in [3.63, 3.8) is 0 Å². The Morgan fingerprint density at radius 1 is 1.29 bits per heavy atom. The first-order valence-corrected chi connectivity index (χ1v) is 4.71. The van der Waals surface area contributed by atoms with E-state index in [0.717, 1.165) is 0 Å². The van der Waals surface area contributed by atoms with E-state index in [2.05, 4.69) is 5.32 Å². The molecule has 0 radical (unpaired) electrons. The lowest BCUT2D eigenvalue weighted by atomic mass is 10.1. The van der Waals surface area contributed by atoms with Gasteiger partial charge in [0.05, 0.1) is 22.2 Å². The lowest BCUT2D eigenvalue weighted by Crippen LogP contribution is -2.28. The van der Waals surface area contributed by atoms with E-state index >= 15 is 0 Å². The van der Waals surface area contributed by atoms with Gasteiger partial charge in [-0.2, -0.15) is 8.78 Å². The number of benzene rings is 1. The van der Waals surface area contributed by atoms with Crippen LogP contribution in [0.15, 0.2) is 18.2 Å². The van der Waals surface area contributed by atoms with Gasteiger partial charge in [0.2, 0.25) is 0 Å². The van der Waals surface area contributed by atoms with Gasteiger partial charge in [0.25, 0.3) is 5.92 Å². The molecular weight excluding hydrogens is 231 g/mol. The summed E-state index contributed by atoms with van der Waals surface area (Å²) in [4.78, 5) is 0. The van der Waals surface area contributed by atoms with Crippen LogP contribution in [-0.4, -0.2) is 13.6 Å². The number of rotatable bonds is 3. The van der Waals surface area contributed by atoms with Crippen molar-refractivity contribution in [2.75, 3.05) is 13.6 Å². The second-order valence-corrected chi connectivity index (χ2v) is 3.65. The van der Waals surface area contributed by atoms with Crippen molar-refractivity contribution >= 4 is 23.2 Å². The number of hydrogen-bond acceptors (Lipinski definition) is 1. The third kappa shape index (κ3) is 2.35. The van der Waals surface area contributed by atoms with Crippen LogP contribution in [-0.2, 0) is 5.92 Å². The van der Waals surface area contributed by atoms with Gasteiger partial charge in [-0.05, 0) is 19.2 Å². The first kappa shape index (κ1) is 11.7. The Balaban J connectivity index is 3.17. The second kappa shape index (κ2) is 4.43. The molecule has 0 amide bonds. The molecule has 0 unspecified atom stereocenters. The summed E-state index contributed by atoms with van der Waals surface area (Å²) in [6.07, 6.45) is 0. The zero-order chi connectivity index (χ0) is 10.8. The van der Waals surface area contributed by atoms with Crippen LogP contribution >= 0.6 is 23.2 Å². The smallest absolute Gasteiger partial charge is 0.288 e. The van der Waals surface area contributed by atoms with Crippen LogP contribution in [0.5, 0.6) is 0 Å². The molecule has 0 heterocycles. The normalized spacial score (nSPS) is 11.8. The van der Waals surface area contributed by atoms with E-state index in [1.165, 1.54) is 25.2 Å². The second-order valence-electron chi connectivity index (χ2n) is 2.83. The van der Waals surface area contributed by atoms with Crippen molar-refractivity contribution in [3.05, 3.63) is 33.8 Å². The van der Waals surface area contributed by atoms with Crippen molar-refractivity contribution in [2.24, 2.45) is 0 Å². The monoisotopic (exact) mass is 239 g/mol. The molecule has 0 aromatic heterocycles. The first-order valence-electron chi connectivity index (χ1n) is 3.96. The number of alkyl halides is 2. The molecule has 78 valence electrons. The number of halogens is 4. The Hall–Kier alpha value is -0.380. The summed E-state index contributed by atoms with van der Waals surface area (Å²) in [6.45, 7) is -0.490. The molecule has 0 spiro atoms. The fourth-order valence-electron chi connectivity index (χ4n) is 1.16. The number of hydrogen-bond donors (Lipinski definition) is 1. The van der Waals surface area contributed by atoms with Crippen LogP contribution in [0.1, 0.15) is 5.56 Å². The summed E-state index contributed by atoms with van der Waals surface area (Å²) < 4.78 is 26.9. The van der Waals surface area contributed by atoms with Crippen molar-refractivity contribution in [1.82, 2.24) is 5.32 Å². The molecule has 0 aliphatic carbocycles. The van der Waals surface area contributed by atoms with E-state index in [4.69, 9.17) is 23.2 Å². The highest BCUT2D eigenvalue weighted by molar-refractivity contribution is 6.36. The average molecular weight is 240 g/mol. The molecule has 0 saturated heterocycles. The van der Waals surface area contributed by atoms with Gasteiger partial charge in [-0.25, -0.2) is 0 Å². The molecule has 0 aliphatic heterocycles. The zero-order valence-electron chi connectivity index (χ0n) is 7.45. The highest BCUT2D eigenvalue weighted by Gasteiger charge is 2.35. The van der Waals surface area contributed by atoms with Crippen LogP contribution in [0.3, 0.4) is 0 Å². The summed E-state index contributed by atoms with van der Waals surface area (Å²) >= 11 is 11.3. The van der Waals surface area contributed by atoms with Crippen molar-refractivity contribution in [1.29, 1.82) is 0 Å². The summed E-state index contributed by atoms with van der Waals surface area (Å²) in [6, 6.07) is 4.32. The third-order valence-electron chi connectivity index (χ3n) is 1.73. The minimum atomic E-state index is -3.05. The molecule has 1 aromatic carbocycles. The molecule has 1 aromatic rings. The van der Waals surface area contributed by atoms with Gasteiger partial charge in [-0.15, -0.1) is 0 Å². The van der Waals surface area contributed by atoms with Crippen LogP contribution in [0, 0.1) is 0 Å². The summed E-state index contributed by atoms with van der Waals surface area (Å²) in [7, 11) is 1.44. The lowest BCUT2D eigenvalue weighted by molar-refractivity contribution is -0.00102. The van der Waals surface area contributed by atoms with Gasteiger partial charge >= 0.3 is 0 Å². The standard InChI is InChI=1S/C9H9Cl2F2N/c1-14-5-9(12,13)8-6(10)3-2-4-7(8)11/h2-4,14H,5H2,1H3. The van der Waals surface area contributed by atoms with Gasteiger partial charge < -0.3 is 5.32 Å². The highest BCUT2D eigenvalue weighted by atomic mass is 35.5. The number of likely N-dealkylation sites (N-methyl/N-ethyl adjacent to an activating group) is 1. The van der Waals surface area contributed by atoms with Crippen LogP contribution in [0.2, 0.25) is 10.0 Å². The topological polar surface area (TPSA) is 12.0 Å². The fraction of sp³-hybridized carbons (Fsp3) is 0.333. The van der Waals surface area contributed by atoms with Gasteiger partial charge in [0, 0.05) is 0 Å². The quantitative estimate of drug-likeness (QED) is 0.854. The Bertz CT molecular complexity index is 308. The Kier molecular flexibility index (Phi) is 3.70. The fourth-order valence-corrected chi connectivity index (χ4v) is 1.83. The predicted molar refractivity (Wildman–Crippen MR) is 54.3 cm³/mol. The van der Waals surface area contributed by atoms with E-state index in [1.807, 2.05) is 0 Å². The molecule has 0 bridgehead atoms. The van der Waals surface area contributed by atoms with Crippen LogP contribution in [0.4, 0.5) is 8.78 Å². The molecule has 1 N–H and O–H groups in total. The van der Waals surface area contributed by atoms with E-state index in [-0.39, 0.29) is 15.6 Å². The van der Waals surface area contributed by atoms with Gasteiger partial charge in [0.15, 0.2) is 0 Å². The Morgan fingerprint density at radius 3 is 2.21 bits per heavy atom. The third-order valence-corrected chi connectivity index (χ3v) is 2.36. The predicted octanol–water partition coefficient (Wildman–Crippen LogP) is 3.30. The highest BCUT2D eigenvalue weighted by Crippen LogP contribution is 2.37. The average Bonchev–Trinajstić information content (AvgIpc) is 2.02. The number of nitrogens with one attached hydrogen (secondary N) is 1. The molecular formula is C9H9Cl2F2N. The molecule has 0 aliphatic rings. The van der Waals surface area contributed by atoms with Gasteiger partial charge in [-0.3, -0.25) is 0 Å². The van der Waals surface area contributed by atoms with Crippen molar-refractivity contribution < 1.29 is 8.78 Å². The summed E-state index contributed by atoms with van der Waals surface area (Å²) in [5.74, 6) is -3.05. The largest absolute Gasteiger partial charge is 0.314 e. The summed E-state index contributed by atoms with van der Waals surface area (Å²) in [5.41, 5.74) is -0.322. The van der Waals surface area contributed by atoms with Crippen molar-refractivity contribution in [3.8, 4) is 0 Å². The molecule has 0 atom stereocenters. The van der Waals surface area contributed by atoms with Gasteiger partial charge in [-0.1, -0.05) is 29.3 Å². The molecule has 0 fully saturated rings. The van der Waals surface area contributed by atoms with E-state index in [1.54, 1.807) is 0 Å². The molecule has 0 saturated carbocycles. The zero-order valence-corrected chi connectivity index (χ0v) is 8.96. The van der Waals surface area contributed by atoms with E-state index in [0.29, 0.717) is 0 Å². The maximum Gasteiger partial charge on any atom is 0.288 e. The SMILES string of the molecule is CNCC(F)(F)c1c(Cl)cccc1Cl. The minimum absolute atomic E-state index is 0.0160. The van der Waals surface area contributed by atoms with E-state index in [9.17, 15) is 8.78 Å². The molecule has 14 heavy (non-hydrogen) atoms. The summed E-state index contributed by atoms with van der Waals surface area (Å²) in [5, 5.41) is 2.36. The minimum Gasteiger partial charge on any atom is -0.314 e. The maximum absolute atomic E-state index is 13.4.